The van der Waals surface area contributed by atoms with E-state index in [1.54, 1.807) is 24.4 Å². The van der Waals surface area contributed by atoms with Gasteiger partial charge in [0.25, 0.3) is 0 Å². The second-order valence-electron chi connectivity index (χ2n) is 3.26. The third-order valence-electron chi connectivity index (χ3n) is 2.07. The van der Waals surface area contributed by atoms with Crippen molar-refractivity contribution < 1.29 is 4.39 Å². The predicted molar refractivity (Wildman–Crippen MR) is 64.1 cm³/mol. The molecule has 0 fully saturated rings. The number of anilines is 1. The van der Waals surface area contributed by atoms with Crippen LogP contribution in [0.2, 0.25) is 0 Å². The number of halogens is 1. The second kappa shape index (κ2) is 5.07. The van der Waals surface area contributed by atoms with E-state index < -0.39 is 0 Å². The van der Waals surface area contributed by atoms with Crippen LogP contribution in [-0.2, 0) is 0 Å². The van der Waals surface area contributed by atoms with Gasteiger partial charge in [0.05, 0.1) is 11.9 Å². The molecule has 2 aromatic rings. The minimum Gasteiger partial charge on any atom is -0.276 e. The highest BCUT2D eigenvalue weighted by Crippen LogP contribution is 2.11. The normalized spacial score (nSPS) is 10.6. The van der Waals surface area contributed by atoms with Crippen molar-refractivity contribution in [3.8, 4) is 0 Å². The summed E-state index contributed by atoms with van der Waals surface area (Å²) in [6, 6.07) is 16.0. The van der Waals surface area contributed by atoms with Crippen molar-refractivity contribution in [1.29, 1.82) is 0 Å². The standard InChI is InChI=1S/C13H11FN2/c14-12-8-4-5-9-13(12)16-15-10-11-6-2-1-3-7-11/h1-10,16H. The zero-order valence-electron chi connectivity index (χ0n) is 8.60. The van der Waals surface area contributed by atoms with Gasteiger partial charge in [-0.3, -0.25) is 5.43 Å². The maximum atomic E-state index is 13.2. The first kappa shape index (κ1) is 10.4. The Kier molecular flexibility index (Phi) is 3.28. The first-order valence-corrected chi connectivity index (χ1v) is 4.95. The number of nitrogens with zero attached hydrogens (tertiary/aromatic N) is 1. The molecule has 0 aliphatic heterocycles. The van der Waals surface area contributed by atoms with Crippen LogP contribution in [0.3, 0.4) is 0 Å². The Bertz CT molecular complexity index is 480. The lowest BCUT2D eigenvalue weighted by molar-refractivity contribution is 0.631. The minimum atomic E-state index is -0.312. The van der Waals surface area contributed by atoms with Crippen LogP contribution in [0, 0.1) is 5.82 Å². The fraction of sp³-hybridized carbons (Fsp3) is 0. The van der Waals surface area contributed by atoms with E-state index in [0.717, 1.165) is 5.56 Å². The van der Waals surface area contributed by atoms with E-state index in [2.05, 4.69) is 10.5 Å². The highest BCUT2D eigenvalue weighted by atomic mass is 19.1. The molecular weight excluding hydrogens is 203 g/mol. The summed E-state index contributed by atoms with van der Waals surface area (Å²) in [6.45, 7) is 0. The van der Waals surface area contributed by atoms with Crippen molar-refractivity contribution in [2.75, 3.05) is 5.43 Å². The van der Waals surface area contributed by atoms with Gasteiger partial charge in [0.1, 0.15) is 5.82 Å². The quantitative estimate of drug-likeness (QED) is 0.615. The van der Waals surface area contributed by atoms with Crippen LogP contribution in [0.5, 0.6) is 0 Å². The molecule has 2 nitrogen and oxygen atoms in total. The van der Waals surface area contributed by atoms with Crippen molar-refractivity contribution >= 4 is 11.9 Å². The van der Waals surface area contributed by atoms with E-state index in [1.165, 1.54) is 6.07 Å². The molecule has 0 bridgehead atoms. The van der Waals surface area contributed by atoms with E-state index in [9.17, 15) is 4.39 Å². The third kappa shape index (κ3) is 2.67. The fourth-order valence-electron chi connectivity index (χ4n) is 1.27. The van der Waals surface area contributed by atoms with Gasteiger partial charge in [-0.05, 0) is 17.7 Å². The monoisotopic (exact) mass is 214 g/mol. The highest BCUT2D eigenvalue weighted by molar-refractivity contribution is 5.80. The van der Waals surface area contributed by atoms with Gasteiger partial charge < -0.3 is 0 Å². The van der Waals surface area contributed by atoms with Gasteiger partial charge in [0, 0.05) is 0 Å². The summed E-state index contributed by atoms with van der Waals surface area (Å²) in [5.41, 5.74) is 3.99. The molecule has 2 rings (SSSR count). The third-order valence-corrected chi connectivity index (χ3v) is 2.07. The smallest absolute Gasteiger partial charge is 0.148 e. The predicted octanol–water partition coefficient (Wildman–Crippen LogP) is 3.27. The van der Waals surface area contributed by atoms with Crippen LogP contribution in [-0.4, -0.2) is 6.21 Å². The van der Waals surface area contributed by atoms with E-state index in [0.29, 0.717) is 5.69 Å². The van der Waals surface area contributed by atoms with Crippen LogP contribution in [0.1, 0.15) is 5.56 Å². The zero-order chi connectivity index (χ0) is 11.2. The second-order valence-corrected chi connectivity index (χ2v) is 3.26. The highest BCUT2D eigenvalue weighted by Gasteiger charge is 1.96. The molecule has 80 valence electrons. The minimum absolute atomic E-state index is 0.312. The molecule has 0 saturated carbocycles. The number of hydrogen-bond donors (Lipinski definition) is 1. The van der Waals surface area contributed by atoms with Gasteiger partial charge in [-0.15, -0.1) is 0 Å². The van der Waals surface area contributed by atoms with Gasteiger partial charge in [-0.1, -0.05) is 42.5 Å². The average molecular weight is 214 g/mol. The summed E-state index contributed by atoms with van der Waals surface area (Å²) in [7, 11) is 0. The number of hydrogen-bond acceptors (Lipinski definition) is 2. The lowest BCUT2D eigenvalue weighted by Gasteiger charge is -2.00. The summed E-state index contributed by atoms with van der Waals surface area (Å²) < 4.78 is 13.2. The molecule has 0 aliphatic rings. The van der Waals surface area contributed by atoms with Crippen molar-refractivity contribution in [2.24, 2.45) is 5.10 Å². The average Bonchev–Trinajstić information content (AvgIpc) is 2.33. The molecule has 0 spiro atoms. The first-order chi connectivity index (χ1) is 7.86. The van der Waals surface area contributed by atoms with Gasteiger partial charge in [0.15, 0.2) is 0 Å². The summed E-state index contributed by atoms with van der Waals surface area (Å²) in [5.74, 6) is -0.312. The Hall–Kier alpha value is -2.16. The Labute approximate surface area is 93.4 Å². The number of para-hydroxylation sites is 1. The lowest BCUT2D eigenvalue weighted by atomic mass is 10.2. The van der Waals surface area contributed by atoms with Gasteiger partial charge >= 0.3 is 0 Å². The summed E-state index contributed by atoms with van der Waals surface area (Å²) in [4.78, 5) is 0. The van der Waals surface area contributed by atoms with E-state index in [4.69, 9.17) is 0 Å². The summed E-state index contributed by atoms with van der Waals surface area (Å²) >= 11 is 0. The van der Waals surface area contributed by atoms with Crippen molar-refractivity contribution in [3.05, 3.63) is 66.0 Å². The molecule has 0 radical (unpaired) electrons. The van der Waals surface area contributed by atoms with Crippen LogP contribution in [0.4, 0.5) is 10.1 Å². The Morgan fingerprint density at radius 2 is 1.62 bits per heavy atom. The Balaban J connectivity index is 2.03. The summed E-state index contributed by atoms with van der Waals surface area (Å²) in [5, 5.41) is 3.96. The zero-order valence-corrected chi connectivity index (χ0v) is 8.60. The first-order valence-electron chi connectivity index (χ1n) is 4.95. The SMILES string of the molecule is Fc1ccccc1NN=Cc1ccccc1. The van der Waals surface area contributed by atoms with Gasteiger partial charge in [-0.2, -0.15) is 5.10 Å². The van der Waals surface area contributed by atoms with Crippen LogP contribution in [0.25, 0.3) is 0 Å². The Morgan fingerprint density at radius 1 is 0.938 bits per heavy atom. The van der Waals surface area contributed by atoms with Gasteiger partial charge in [-0.25, -0.2) is 4.39 Å². The fourth-order valence-corrected chi connectivity index (χ4v) is 1.27. The summed E-state index contributed by atoms with van der Waals surface area (Å²) in [6.07, 6.45) is 1.65. The number of rotatable bonds is 3. The maximum absolute atomic E-state index is 13.2. The molecule has 1 N–H and O–H groups in total. The lowest BCUT2D eigenvalue weighted by Crippen LogP contribution is -1.92. The van der Waals surface area contributed by atoms with Crippen molar-refractivity contribution in [3.63, 3.8) is 0 Å². The molecule has 3 heteroatoms. The van der Waals surface area contributed by atoms with Crippen LogP contribution in [0.15, 0.2) is 59.7 Å². The number of hydrazone groups is 1. The van der Waals surface area contributed by atoms with E-state index >= 15 is 0 Å². The molecular formula is C13H11FN2. The molecule has 0 heterocycles. The molecule has 0 aliphatic carbocycles. The van der Waals surface area contributed by atoms with Crippen LogP contribution >= 0.6 is 0 Å². The largest absolute Gasteiger partial charge is 0.276 e. The van der Waals surface area contributed by atoms with Crippen molar-refractivity contribution in [2.45, 2.75) is 0 Å². The number of nitrogens with one attached hydrogen (secondary N) is 1. The molecule has 16 heavy (non-hydrogen) atoms. The topological polar surface area (TPSA) is 24.4 Å². The number of benzene rings is 2. The van der Waals surface area contributed by atoms with E-state index in [-0.39, 0.29) is 5.82 Å². The Morgan fingerprint density at radius 3 is 2.38 bits per heavy atom. The molecule has 0 amide bonds. The molecule has 2 aromatic carbocycles. The molecule has 0 saturated heterocycles. The van der Waals surface area contributed by atoms with Gasteiger partial charge in [0.2, 0.25) is 0 Å². The van der Waals surface area contributed by atoms with E-state index in [1.807, 2.05) is 30.3 Å². The molecule has 0 aromatic heterocycles. The van der Waals surface area contributed by atoms with Crippen molar-refractivity contribution in [1.82, 2.24) is 0 Å². The maximum Gasteiger partial charge on any atom is 0.148 e. The molecule has 0 unspecified atom stereocenters. The molecule has 0 atom stereocenters. The van der Waals surface area contributed by atoms with Crippen LogP contribution < -0.4 is 5.43 Å².